The van der Waals surface area contributed by atoms with E-state index in [0.717, 1.165) is 25.7 Å². The molecule has 0 fully saturated rings. The monoisotopic (exact) mass is 379 g/mol. The van der Waals surface area contributed by atoms with Crippen molar-refractivity contribution in [3.63, 3.8) is 0 Å². The first-order chi connectivity index (χ1) is 13.1. The van der Waals surface area contributed by atoms with Crippen molar-refractivity contribution < 1.29 is 20.2 Å². The zero-order chi connectivity index (χ0) is 19.9. The van der Waals surface area contributed by atoms with Crippen LogP contribution in [-0.4, -0.2) is 33.8 Å². The highest BCUT2D eigenvalue weighted by molar-refractivity contribution is 6.05. The summed E-state index contributed by atoms with van der Waals surface area (Å²) in [5, 5.41) is 32.8. The van der Waals surface area contributed by atoms with E-state index in [1.807, 2.05) is 6.92 Å². The molecule has 0 saturated carbocycles. The molecule has 1 atom stereocenters. The minimum atomic E-state index is -0.898. The minimum Gasteiger partial charge on any atom is -0.507 e. The van der Waals surface area contributed by atoms with E-state index in [0.29, 0.717) is 24.3 Å². The molecule has 0 bridgehead atoms. The van der Waals surface area contributed by atoms with Crippen LogP contribution in [0.4, 0.5) is 0 Å². The van der Waals surface area contributed by atoms with E-state index in [4.69, 9.17) is 4.74 Å². The Morgan fingerprint density at radius 2 is 1.59 bits per heavy atom. The summed E-state index contributed by atoms with van der Waals surface area (Å²) in [5.41, 5.74) is 0.427. The van der Waals surface area contributed by atoms with E-state index >= 15 is 0 Å². The maximum atomic E-state index is 10.2. The third kappa shape index (κ3) is 9.14. The number of ether oxygens (including phenoxy) is 1. The summed E-state index contributed by atoms with van der Waals surface area (Å²) in [4.78, 5) is 0. The fraction of sp³-hybridized carbons (Fsp3) is 0.682. The van der Waals surface area contributed by atoms with Crippen LogP contribution in [0, 0.1) is 0 Å². The van der Waals surface area contributed by atoms with Gasteiger partial charge in [0, 0.05) is 11.6 Å². The number of benzene rings is 1. The molecule has 1 rings (SSSR count). The molecule has 1 unspecified atom stereocenters. The van der Waals surface area contributed by atoms with Gasteiger partial charge in [-0.1, -0.05) is 76.8 Å². The molecule has 0 aliphatic rings. The van der Waals surface area contributed by atoms with Gasteiger partial charge in [-0.15, -0.1) is 0 Å². The van der Waals surface area contributed by atoms with Gasteiger partial charge in [0.15, 0.2) is 0 Å². The number of hydrogen-bond donors (Lipinski definition) is 3. The Morgan fingerprint density at radius 3 is 2.19 bits per heavy atom. The largest absolute Gasteiger partial charge is 0.507 e. The van der Waals surface area contributed by atoms with Crippen LogP contribution in [0.3, 0.4) is 0 Å². The predicted octanol–water partition coefficient (Wildman–Crippen LogP) is 5.64. The first-order valence-corrected chi connectivity index (χ1v) is 10.5. The molecule has 0 aromatic heterocycles. The van der Waals surface area contributed by atoms with Gasteiger partial charge in [-0.25, -0.2) is 0 Å². The molecular formula is C22H37NO4. The number of phenolic OH excluding ortho intramolecular Hbond substituents is 1. The number of phenols is 1. The predicted molar refractivity (Wildman–Crippen MR) is 110 cm³/mol. The summed E-state index contributed by atoms with van der Waals surface area (Å²) >= 11 is 0. The SMILES string of the molecule is CCCCCCCCCCOc1ccc(/C(=N/O)C(O)CCCC)c(O)c1. The standard InChI is InChI=1S/C22H37NO4/c1-3-5-7-8-9-10-11-12-16-27-18-14-15-19(21(25)17-18)22(23-26)20(24)13-6-4-2/h14-15,17,20,24-26H,3-13,16H2,1-2H3/b23-22-. The van der Waals surface area contributed by atoms with Gasteiger partial charge in [-0.2, -0.15) is 0 Å². The summed E-state index contributed by atoms with van der Waals surface area (Å²) < 4.78 is 5.70. The van der Waals surface area contributed by atoms with Crippen LogP contribution in [0.2, 0.25) is 0 Å². The second-order valence-electron chi connectivity index (χ2n) is 7.15. The fourth-order valence-electron chi connectivity index (χ4n) is 3.08. The van der Waals surface area contributed by atoms with Gasteiger partial charge in [-0.3, -0.25) is 0 Å². The maximum absolute atomic E-state index is 10.2. The van der Waals surface area contributed by atoms with E-state index < -0.39 is 6.10 Å². The summed E-state index contributed by atoms with van der Waals surface area (Å²) in [5.74, 6) is 0.534. The zero-order valence-corrected chi connectivity index (χ0v) is 17.0. The van der Waals surface area contributed by atoms with E-state index in [1.165, 1.54) is 44.6 Å². The molecule has 5 nitrogen and oxygen atoms in total. The van der Waals surface area contributed by atoms with E-state index in [1.54, 1.807) is 12.1 Å². The average molecular weight is 380 g/mol. The van der Waals surface area contributed by atoms with Crippen molar-refractivity contribution in [3.05, 3.63) is 23.8 Å². The molecule has 3 N–H and O–H groups in total. The Bertz CT molecular complexity index is 545. The van der Waals surface area contributed by atoms with Crippen LogP contribution in [-0.2, 0) is 0 Å². The number of oxime groups is 1. The number of rotatable bonds is 15. The molecule has 154 valence electrons. The molecule has 0 aliphatic carbocycles. The van der Waals surface area contributed by atoms with Crippen molar-refractivity contribution in [2.75, 3.05) is 6.61 Å². The lowest BCUT2D eigenvalue weighted by atomic mass is 10.00. The van der Waals surface area contributed by atoms with Crippen LogP contribution >= 0.6 is 0 Å². The quantitative estimate of drug-likeness (QED) is 0.159. The summed E-state index contributed by atoms with van der Waals surface area (Å²) in [6, 6.07) is 4.87. The van der Waals surface area contributed by atoms with Gasteiger partial charge in [0.25, 0.3) is 0 Å². The maximum Gasteiger partial charge on any atom is 0.128 e. The first-order valence-electron chi connectivity index (χ1n) is 10.5. The van der Waals surface area contributed by atoms with Crippen molar-refractivity contribution in [2.24, 2.45) is 5.16 Å². The van der Waals surface area contributed by atoms with Gasteiger partial charge < -0.3 is 20.2 Å². The topological polar surface area (TPSA) is 82.3 Å². The Balaban J connectivity index is 2.40. The summed E-state index contributed by atoms with van der Waals surface area (Å²) in [6.07, 6.45) is 11.3. The summed E-state index contributed by atoms with van der Waals surface area (Å²) in [6.45, 7) is 4.88. The lowest BCUT2D eigenvalue weighted by Gasteiger charge is -2.14. The molecule has 0 radical (unpaired) electrons. The first kappa shape index (κ1) is 23.3. The van der Waals surface area contributed by atoms with Crippen LogP contribution in [0.1, 0.15) is 90.0 Å². The minimum absolute atomic E-state index is 0.0493. The highest BCUT2D eigenvalue weighted by Gasteiger charge is 2.19. The second-order valence-corrected chi connectivity index (χ2v) is 7.15. The summed E-state index contributed by atoms with van der Waals surface area (Å²) in [7, 11) is 0. The lowest BCUT2D eigenvalue weighted by molar-refractivity contribution is 0.217. The van der Waals surface area contributed by atoms with Gasteiger partial charge >= 0.3 is 0 Å². The van der Waals surface area contributed by atoms with Crippen molar-refractivity contribution in [2.45, 2.75) is 90.6 Å². The third-order valence-electron chi connectivity index (χ3n) is 4.77. The Morgan fingerprint density at radius 1 is 0.963 bits per heavy atom. The molecule has 1 aromatic carbocycles. The molecule has 5 heteroatoms. The molecule has 27 heavy (non-hydrogen) atoms. The smallest absolute Gasteiger partial charge is 0.128 e. The van der Waals surface area contributed by atoms with Crippen molar-refractivity contribution in [1.29, 1.82) is 0 Å². The van der Waals surface area contributed by atoms with Gasteiger partial charge in [-0.05, 0) is 25.0 Å². The fourth-order valence-corrected chi connectivity index (χ4v) is 3.08. The molecule has 1 aromatic rings. The number of hydrogen-bond acceptors (Lipinski definition) is 5. The zero-order valence-electron chi connectivity index (χ0n) is 17.0. The van der Waals surface area contributed by atoms with E-state index in [2.05, 4.69) is 12.1 Å². The molecule has 0 heterocycles. The van der Waals surface area contributed by atoms with Crippen LogP contribution in [0.15, 0.2) is 23.4 Å². The van der Waals surface area contributed by atoms with Gasteiger partial charge in [0.2, 0.25) is 0 Å². The lowest BCUT2D eigenvalue weighted by Crippen LogP contribution is -2.21. The van der Waals surface area contributed by atoms with Crippen molar-refractivity contribution >= 4 is 5.71 Å². The molecule has 0 aliphatic heterocycles. The van der Waals surface area contributed by atoms with Crippen molar-refractivity contribution in [1.82, 2.24) is 0 Å². The Labute approximate surface area is 164 Å². The highest BCUT2D eigenvalue weighted by Crippen LogP contribution is 2.26. The number of aliphatic hydroxyl groups is 1. The highest BCUT2D eigenvalue weighted by atomic mass is 16.5. The Hall–Kier alpha value is -1.75. The Kier molecular flexibility index (Phi) is 12.4. The van der Waals surface area contributed by atoms with Crippen LogP contribution in [0.5, 0.6) is 11.5 Å². The number of unbranched alkanes of at least 4 members (excludes halogenated alkanes) is 8. The van der Waals surface area contributed by atoms with E-state index in [9.17, 15) is 15.4 Å². The third-order valence-corrected chi connectivity index (χ3v) is 4.77. The number of aliphatic hydroxyl groups excluding tert-OH is 1. The van der Waals surface area contributed by atoms with E-state index in [-0.39, 0.29) is 11.5 Å². The molecular weight excluding hydrogens is 342 g/mol. The average Bonchev–Trinajstić information content (AvgIpc) is 2.67. The second kappa shape index (κ2) is 14.3. The van der Waals surface area contributed by atoms with Crippen LogP contribution < -0.4 is 4.74 Å². The van der Waals surface area contributed by atoms with Gasteiger partial charge in [0.05, 0.1) is 6.61 Å². The van der Waals surface area contributed by atoms with Gasteiger partial charge in [0.1, 0.15) is 23.3 Å². The number of aromatic hydroxyl groups is 1. The molecule has 0 spiro atoms. The number of nitrogens with zero attached hydrogens (tertiary/aromatic N) is 1. The molecule has 0 saturated heterocycles. The normalized spacial score (nSPS) is 12.9. The van der Waals surface area contributed by atoms with Crippen LogP contribution in [0.25, 0.3) is 0 Å². The molecule has 0 amide bonds. The van der Waals surface area contributed by atoms with Crippen molar-refractivity contribution in [3.8, 4) is 11.5 Å².